The zero-order valence-electron chi connectivity index (χ0n) is 21.8. The highest BCUT2D eigenvalue weighted by molar-refractivity contribution is 7.98. The van der Waals surface area contributed by atoms with Crippen LogP contribution in [0.5, 0.6) is 0 Å². The molecule has 4 rings (SSSR count). The molecule has 0 amide bonds. The van der Waals surface area contributed by atoms with Crippen molar-refractivity contribution < 1.29 is 53.4 Å². The fraction of sp³-hybridized carbons (Fsp3) is 0.682. The molecule has 0 spiro atoms. The third kappa shape index (κ3) is 6.42. The Labute approximate surface area is 231 Å². The van der Waals surface area contributed by atoms with Gasteiger partial charge in [0.1, 0.15) is 12.2 Å². The van der Waals surface area contributed by atoms with Gasteiger partial charge in [-0.25, -0.2) is 14.3 Å². The molecule has 3 N–H and O–H groups in total. The highest BCUT2D eigenvalue weighted by Crippen LogP contribution is 2.38. The van der Waals surface area contributed by atoms with Gasteiger partial charge in [0.2, 0.25) is 0 Å². The summed E-state index contributed by atoms with van der Waals surface area (Å²) in [5.41, 5.74) is -0.116. The summed E-state index contributed by atoms with van der Waals surface area (Å²) in [5, 5.41) is 46.0. The average Bonchev–Trinajstić information content (AvgIpc) is 3.62. The van der Waals surface area contributed by atoms with Gasteiger partial charge in [-0.15, -0.1) is 10.2 Å². The number of nitrogens with zero attached hydrogens (tertiary/aromatic N) is 6. The summed E-state index contributed by atoms with van der Waals surface area (Å²) >= 11 is 0.885. The highest BCUT2D eigenvalue weighted by Gasteiger charge is 2.49. The molecular formula is C22H30N6O11S. The predicted molar refractivity (Wildman–Crippen MR) is 131 cm³/mol. The molecule has 40 heavy (non-hydrogen) atoms. The maximum Gasteiger partial charge on any atom is 0.360 e. The number of methoxy groups -OCH3 is 2. The maximum absolute atomic E-state index is 12.1. The second-order valence-electron chi connectivity index (χ2n) is 9.09. The third-order valence-corrected chi connectivity index (χ3v) is 7.71. The molecule has 2 aliphatic rings. The molecule has 2 aromatic rings. The van der Waals surface area contributed by atoms with Gasteiger partial charge in [-0.1, -0.05) is 10.4 Å². The van der Waals surface area contributed by atoms with Crippen molar-refractivity contribution in [3.05, 3.63) is 23.8 Å². The first-order valence-electron chi connectivity index (χ1n) is 12.3. The molecule has 3 heterocycles. The summed E-state index contributed by atoms with van der Waals surface area (Å²) in [5.74, 6) is -2.00. The third-order valence-electron chi connectivity index (χ3n) is 6.53. The minimum absolute atomic E-state index is 0.0305. The number of carbonyl (C=O) groups is 3. The Hall–Kier alpha value is -3.16. The van der Waals surface area contributed by atoms with E-state index in [1.165, 1.54) is 42.3 Å². The van der Waals surface area contributed by atoms with E-state index in [1.807, 2.05) is 0 Å². The number of ether oxygens (including phenoxy) is 5. The first-order valence-corrected chi connectivity index (χ1v) is 13.1. The van der Waals surface area contributed by atoms with Crippen LogP contribution in [0.2, 0.25) is 0 Å². The zero-order valence-corrected chi connectivity index (χ0v) is 22.6. The van der Waals surface area contributed by atoms with Crippen LogP contribution in [0, 0.1) is 0 Å². The number of aromatic nitrogens is 6. The Bertz CT molecular complexity index is 1190. The number of rotatable bonds is 9. The molecule has 2 fully saturated rings. The number of esters is 3. The van der Waals surface area contributed by atoms with Crippen molar-refractivity contribution in [1.82, 2.24) is 29.4 Å². The fourth-order valence-electron chi connectivity index (χ4n) is 4.66. The van der Waals surface area contributed by atoms with Gasteiger partial charge in [0.05, 0.1) is 56.7 Å². The highest BCUT2D eigenvalue weighted by atomic mass is 32.2. The van der Waals surface area contributed by atoms with Crippen molar-refractivity contribution in [1.29, 1.82) is 0 Å². The van der Waals surface area contributed by atoms with Crippen molar-refractivity contribution in [3.63, 3.8) is 0 Å². The molecule has 1 aliphatic heterocycles. The van der Waals surface area contributed by atoms with Crippen LogP contribution in [0.1, 0.15) is 53.2 Å². The number of aliphatic hydroxyl groups is 3. The van der Waals surface area contributed by atoms with E-state index in [0.717, 1.165) is 11.9 Å². The van der Waals surface area contributed by atoms with E-state index in [9.17, 15) is 29.7 Å². The SMILES string of the molecule is COC(=O)c1cn(S[C@H]2[C@@H](O)[C@@H](CO)O[C@@H](O)[C@@H]2O[C@@H]2CCC[C@H](n3cc(C(=O)OC)nn3)[C@H]2OC(C)=O)nn1. The monoisotopic (exact) mass is 586 g/mol. The average molecular weight is 587 g/mol. The van der Waals surface area contributed by atoms with Crippen LogP contribution in [-0.2, 0) is 28.5 Å². The summed E-state index contributed by atoms with van der Waals surface area (Å²) in [4.78, 5) is 35.8. The van der Waals surface area contributed by atoms with Gasteiger partial charge in [0.15, 0.2) is 23.8 Å². The lowest BCUT2D eigenvalue weighted by molar-refractivity contribution is -0.275. The second-order valence-corrected chi connectivity index (χ2v) is 10.2. The van der Waals surface area contributed by atoms with Gasteiger partial charge in [-0.2, -0.15) is 4.09 Å². The molecule has 8 atom stereocenters. The Balaban J connectivity index is 1.60. The maximum atomic E-state index is 12.1. The van der Waals surface area contributed by atoms with E-state index in [2.05, 4.69) is 30.1 Å². The number of carbonyl (C=O) groups excluding carboxylic acids is 3. The molecule has 2 aromatic heterocycles. The van der Waals surface area contributed by atoms with Crippen molar-refractivity contribution in [2.24, 2.45) is 0 Å². The topological polar surface area (TPSA) is 219 Å². The molecule has 0 bridgehead atoms. The van der Waals surface area contributed by atoms with Gasteiger partial charge >= 0.3 is 17.9 Å². The van der Waals surface area contributed by atoms with Crippen LogP contribution in [0.3, 0.4) is 0 Å². The fourth-order valence-corrected chi connectivity index (χ4v) is 5.77. The molecule has 18 heteroatoms. The molecule has 0 radical (unpaired) electrons. The minimum atomic E-state index is -1.60. The molecular weight excluding hydrogens is 556 g/mol. The van der Waals surface area contributed by atoms with Crippen molar-refractivity contribution in [3.8, 4) is 0 Å². The van der Waals surface area contributed by atoms with Crippen LogP contribution in [-0.4, -0.2) is 126 Å². The van der Waals surface area contributed by atoms with E-state index in [1.54, 1.807) is 0 Å². The van der Waals surface area contributed by atoms with Gasteiger partial charge in [0, 0.05) is 6.92 Å². The van der Waals surface area contributed by atoms with Gasteiger partial charge in [-0.3, -0.25) is 4.79 Å². The van der Waals surface area contributed by atoms with Crippen molar-refractivity contribution in [2.75, 3.05) is 20.8 Å². The lowest BCUT2D eigenvalue weighted by Crippen LogP contribution is -2.60. The van der Waals surface area contributed by atoms with Crippen LogP contribution in [0.15, 0.2) is 12.4 Å². The molecule has 220 valence electrons. The first kappa shape index (κ1) is 29.8. The van der Waals surface area contributed by atoms with E-state index in [-0.39, 0.29) is 11.4 Å². The lowest BCUT2D eigenvalue weighted by Gasteiger charge is -2.45. The number of hydrogen-bond donors (Lipinski definition) is 3. The number of aliphatic hydroxyl groups excluding tert-OH is 3. The summed E-state index contributed by atoms with van der Waals surface area (Å²) in [6.45, 7) is 0.642. The molecule has 0 aromatic carbocycles. The lowest BCUT2D eigenvalue weighted by atomic mass is 9.89. The van der Waals surface area contributed by atoms with Crippen LogP contribution < -0.4 is 0 Å². The molecule has 1 saturated heterocycles. The Morgan fingerprint density at radius 3 is 2.38 bits per heavy atom. The largest absolute Gasteiger partial charge is 0.464 e. The van der Waals surface area contributed by atoms with E-state index < -0.39 is 72.6 Å². The Morgan fingerprint density at radius 1 is 1.05 bits per heavy atom. The van der Waals surface area contributed by atoms with E-state index >= 15 is 0 Å². The van der Waals surface area contributed by atoms with Crippen LogP contribution in [0.4, 0.5) is 0 Å². The summed E-state index contributed by atoms with van der Waals surface area (Å²) in [7, 11) is 2.40. The normalized spacial score (nSPS) is 30.4. The summed E-state index contributed by atoms with van der Waals surface area (Å²) in [6, 6.07) is -0.575. The quantitative estimate of drug-likeness (QED) is 0.224. The summed E-state index contributed by atoms with van der Waals surface area (Å²) in [6.07, 6.45) is -2.87. The van der Waals surface area contributed by atoms with Gasteiger partial charge < -0.3 is 39.0 Å². The second kappa shape index (κ2) is 13.0. The standard InChI is InChI=1S/C22H30N6O11S/c1-10(30)37-17-13(27-7-11(23-25-27)20(32)35-2)5-4-6-14(17)38-18-19(16(31)15(9-29)39-22(18)34)40-28-8-12(24-26-28)21(33)36-3/h7-8,13-19,22,29,31,34H,4-6,9H2,1-3H3/t13-,14+,15+,16-,17+,18+,19-,22+/m0/s1. The molecule has 1 aliphatic carbocycles. The Morgan fingerprint density at radius 2 is 1.73 bits per heavy atom. The smallest absolute Gasteiger partial charge is 0.360 e. The molecule has 17 nitrogen and oxygen atoms in total. The van der Waals surface area contributed by atoms with Crippen LogP contribution >= 0.6 is 11.9 Å². The summed E-state index contributed by atoms with van der Waals surface area (Å²) < 4.78 is 29.2. The molecule has 0 unspecified atom stereocenters. The molecule has 1 saturated carbocycles. The van der Waals surface area contributed by atoms with Gasteiger partial charge in [0.25, 0.3) is 0 Å². The zero-order chi connectivity index (χ0) is 29.0. The van der Waals surface area contributed by atoms with E-state index in [4.69, 9.17) is 14.2 Å². The van der Waals surface area contributed by atoms with Gasteiger partial charge in [-0.05, 0) is 31.2 Å². The predicted octanol–water partition coefficient (Wildman–Crippen LogP) is -1.51. The first-order chi connectivity index (χ1) is 19.2. The minimum Gasteiger partial charge on any atom is -0.464 e. The van der Waals surface area contributed by atoms with Crippen molar-refractivity contribution in [2.45, 2.75) is 74.3 Å². The number of hydrogen-bond acceptors (Lipinski definition) is 16. The Kier molecular flexibility index (Phi) is 9.69. The van der Waals surface area contributed by atoms with Crippen LogP contribution in [0.25, 0.3) is 0 Å². The van der Waals surface area contributed by atoms with E-state index in [0.29, 0.717) is 19.3 Å². The van der Waals surface area contributed by atoms with Crippen molar-refractivity contribution >= 4 is 29.9 Å².